The molecule has 2 aliphatic carbocycles. The van der Waals surface area contributed by atoms with E-state index in [-0.39, 0.29) is 0 Å². The van der Waals surface area contributed by atoms with Crippen molar-refractivity contribution in [2.24, 2.45) is 27.1 Å². The molecule has 2 saturated carbocycles. The zero-order valence-corrected chi connectivity index (χ0v) is 16.7. The van der Waals surface area contributed by atoms with Crippen molar-refractivity contribution in [3.05, 3.63) is 0 Å². The molecule has 0 amide bonds. The molecular weight excluding hydrogens is 252 g/mol. The van der Waals surface area contributed by atoms with Gasteiger partial charge in [0.25, 0.3) is 0 Å². The highest BCUT2D eigenvalue weighted by Crippen LogP contribution is 2.63. The van der Waals surface area contributed by atoms with Crippen molar-refractivity contribution in [1.29, 1.82) is 0 Å². The van der Waals surface area contributed by atoms with E-state index >= 15 is 0 Å². The van der Waals surface area contributed by atoms with Crippen LogP contribution in [0.2, 0.25) is 0 Å². The summed E-state index contributed by atoms with van der Waals surface area (Å²) in [4.78, 5) is 0. The van der Waals surface area contributed by atoms with Crippen molar-refractivity contribution in [1.82, 2.24) is 0 Å². The highest BCUT2D eigenvalue weighted by atomic mass is 14.6. The maximum Gasteiger partial charge on any atom is -0.0243 e. The molecule has 2 fully saturated rings. The first-order valence-electron chi connectivity index (χ1n) is 9.08. The van der Waals surface area contributed by atoms with E-state index in [0.29, 0.717) is 21.7 Å². The van der Waals surface area contributed by atoms with Gasteiger partial charge < -0.3 is 0 Å². The third-order valence-electron chi connectivity index (χ3n) is 5.37. The molecule has 0 aromatic heterocycles. The van der Waals surface area contributed by atoms with Crippen molar-refractivity contribution in [3.8, 4) is 0 Å². The first-order chi connectivity index (χ1) is 9.08. The Morgan fingerprint density at radius 3 is 1.10 bits per heavy atom. The molecule has 0 atom stereocenters. The maximum atomic E-state index is 2.40. The highest BCUT2D eigenvalue weighted by Gasteiger charge is 2.52. The van der Waals surface area contributed by atoms with Crippen LogP contribution in [0.3, 0.4) is 0 Å². The molecular formula is C21H42. The zero-order valence-electron chi connectivity index (χ0n) is 16.7. The lowest BCUT2D eigenvalue weighted by atomic mass is 9.69. The Labute approximate surface area is 135 Å². The average Bonchev–Trinajstić information content (AvgIpc) is 3.00. The summed E-state index contributed by atoms with van der Waals surface area (Å²) in [6.07, 6.45) is 8.62. The minimum atomic E-state index is 0.504. The first kappa shape index (κ1) is 19.0. The molecule has 126 valence electrons. The summed E-state index contributed by atoms with van der Waals surface area (Å²) in [5.74, 6) is 0. The van der Waals surface area contributed by atoms with Crippen LogP contribution in [0.15, 0.2) is 0 Å². The second kappa shape index (κ2) is 5.57. The fourth-order valence-corrected chi connectivity index (χ4v) is 4.03. The van der Waals surface area contributed by atoms with Crippen molar-refractivity contribution in [2.45, 2.75) is 108 Å². The third kappa shape index (κ3) is 6.74. The second-order valence-corrected chi connectivity index (χ2v) is 11.8. The van der Waals surface area contributed by atoms with Gasteiger partial charge in [-0.25, -0.2) is 0 Å². The van der Waals surface area contributed by atoms with E-state index < -0.39 is 0 Å². The van der Waals surface area contributed by atoms with Crippen LogP contribution in [0.25, 0.3) is 0 Å². The maximum absolute atomic E-state index is 2.40. The topological polar surface area (TPSA) is 0 Å². The Kier molecular flexibility index (Phi) is 5.05. The molecule has 0 aromatic carbocycles. The molecule has 0 unspecified atom stereocenters. The van der Waals surface area contributed by atoms with E-state index in [0.717, 1.165) is 5.41 Å². The van der Waals surface area contributed by atoms with Gasteiger partial charge in [0.05, 0.1) is 0 Å². The summed E-state index contributed by atoms with van der Waals surface area (Å²) < 4.78 is 0. The van der Waals surface area contributed by atoms with Crippen LogP contribution in [-0.4, -0.2) is 0 Å². The van der Waals surface area contributed by atoms with Gasteiger partial charge >= 0.3 is 0 Å². The minimum absolute atomic E-state index is 0.504. The largest absolute Gasteiger partial charge is 0.0602 e. The zero-order chi connectivity index (χ0) is 16.7. The Bertz CT molecular complexity index is 328. The Morgan fingerprint density at radius 2 is 1.00 bits per heavy atom. The normalized spacial score (nSPS) is 23.1. The monoisotopic (exact) mass is 294 g/mol. The molecule has 0 spiro atoms. The standard InChI is InChI=1S/C12H24.C9H18/c1-10(2,3)9-12(7-8-12)11(4,5)6;1-8(2,3)7-9(4)5-6-9/h7-9H2,1-6H3;5-7H2,1-4H3. The summed E-state index contributed by atoms with van der Waals surface area (Å²) in [6.45, 7) is 23.7. The van der Waals surface area contributed by atoms with Crippen molar-refractivity contribution in [2.75, 3.05) is 0 Å². The molecule has 0 aliphatic heterocycles. The molecule has 0 nitrogen and oxygen atoms in total. The predicted octanol–water partition coefficient (Wildman–Crippen LogP) is 7.47. The van der Waals surface area contributed by atoms with Crippen molar-refractivity contribution >= 4 is 0 Å². The van der Waals surface area contributed by atoms with Crippen LogP contribution < -0.4 is 0 Å². The van der Waals surface area contributed by atoms with Crippen LogP contribution in [0.5, 0.6) is 0 Å². The lowest BCUT2D eigenvalue weighted by Gasteiger charge is -2.36. The Hall–Kier alpha value is 0. The first-order valence-corrected chi connectivity index (χ1v) is 9.08. The lowest BCUT2D eigenvalue weighted by Crippen LogP contribution is -2.26. The highest BCUT2D eigenvalue weighted by molar-refractivity contribution is 5.03. The summed E-state index contributed by atoms with van der Waals surface area (Å²) in [5, 5.41) is 0. The van der Waals surface area contributed by atoms with Crippen molar-refractivity contribution < 1.29 is 0 Å². The number of rotatable bonds is 2. The van der Waals surface area contributed by atoms with Gasteiger partial charge in [0.15, 0.2) is 0 Å². The molecule has 0 N–H and O–H groups in total. The summed E-state index contributed by atoms with van der Waals surface area (Å²) in [5.41, 5.74) is 2.97. The van der Waals surface area contributed by atoms with E-state index in [2.05, 4.69) is 69.2 Å². The molecule has 0 saturated heterocycles. The summed E-state index contributed by atoms with van der Waals surface area (Å²) in [7, 11) is 0. The number of hydrogen-bond acceptors (Lipinski definition) is 0. The average molecular weight is 295 g/mol. The third-order valence-corrected chi connectivity index (χ3v) is 5.37. The molecule has 2 rings (SSSR count). The van der Waals surface area contributed by atoms with Gasteiger partial charge in [-0.1, -0.05) is 69.2 Å². The molecule has 2 aliphatic rings. The van der Waals surface area contributed by atoms with Gasteiger partial charge in [-0.2, -0.15) is 0 Å². The van der Waals surface area contributed by atoms with Crippen LogP contribution >= 0.6 is 0 Å². The molecule has 0 heterocycles. The minimum Gasteiger partial charge on any atom is -0.0602 e. The van der Waals surface area contributed by atoms with Gasteiger partial charge in [0.1, 0.15) is 0 Å². The van der Waals surface area contributed by atoms with E-state index in [1.807, 2.05) is 0 Å². The van der Waals surface area contributed by atoms with Crippen molar-refractivity contribution in [3.63, 3.8) is 0 Å². The Balaban J connectivity index is 0.000000219. The quantitative estimate of drug-likeness (QED) is 0.495. The van der Waals surface area contributed by atoms with Crippen LogP contribution in [0, 0.1) is 27.1 Å². The van der Waals surface area contributed by atoms with Gasteiger partial charge in [0.2, 0.25) is 0 Å². The summed E-state index contributed by atoms with van der Waals surface area (Å²) in [6, 6.07) is 0. The number of hydrogen-bond donors (Lipinski definition) is 0. The molecule has 21 heavy (non-hydrogen) atoms. The van der Waals surface area contributed by atoms with Crippen LogP contribution in [0.1, 0.15) is 108 Å². The van der Waals surface area contributed by atoms with Gasteiger partial charge in [0, 0.05) is 0 Å². The van der Waals surface area contributed by atoms with E-state index in [1.165, 1.54) is 38.5 Å². The fourth-order valence-electron chi connectivity index (χ4n) is 4.03. The van der Waals surface area contributed by atoms with E-state index in [1.54, 1.807) is 0 Å². The van der Waals surface area contributed by atoms with E-state index in [9.17, 15) is 0 Å². The predicted molar refractivity (Wildman–Crippen MR) is 96.6 cm³/mol. The Morgan fingerprint density at radius 1 is 0.619 bits per heavy atom. The lowest BCUT2D eigenvalue weighted by molar-refractivity contribution is 0.141. The molecule has 0 radical (unpaired) electrons. The fraction of sp³-hybridized carbons (Fsp3) is 1.00. The van der Waals surface area contributed by atoms with Gasteiger partial charge in [-0.15, -0.1) is 0 Å². The SMILES string of the molecule is CC(C)(C)CC1(C(C)(C)C)CC1.CC(C)(C)CC1(C)CC1. The van der Waals surface area contributed by atoms with Gasteiger partial charge in [-0.05, 0) is 65.6 Å². The summed E-state index contributed by atoms with van der Waals surface area (Å²) >= 11 is 0. The smallest absolute Gasteiger partial charge is 0.0243 e. The molecule has 0 aromatic rings. The molecule has 0 bridgehead atoms. The van der Waals surface area contributed by atoms with Crippen LogP contribution in [-0.2, 0) is 0 Å². The second-order valence-electron chi connectivity index (χ2n) is 11.8. The van der Waals surface area contributed by atoms with Crippen LogP contribution in [0.4, 0.5) is 0 Å². The van der Waals surface area contributed by atoms with Gasteiger partial charge in [-0.3, -0.25) is 0 Å². The molecule has 0 heteroatoms. The van der Waals surface area contributed by atoms with E-state index in [4.69, 9.17) is 0 Å².